The second-order valence-corrected chi connectivity index (χ2v) is 6.95. The van der Waals surface area contributed by atoms with Gasteiger partial charge in [-0.25, -0.2) is 0 Å². The van der Waals surface area contributed by atoms with Gasteiger partial charge < -0.3 is 9.67 Å². The molecule has 0 fully saturated rings. The number of carbonyl (C=O) groups is 1. The second-order valence-electron chi connectivity index (χ2n) is 6.50. The number of aliphatic carboxylic acids is 1. The van der Waals surface area contributed by atoms with E-state index in [1.165, 1.54) is 11.1 Å². The molecule has 0 unspecified atom stereocenters. The predicted molar refractivity (Wildman–Crippen MR) is 90.6 cm³/mol. The van der Waals surface area contributed by atoms with Gasteiger partial charge in [0.15, 0.2) is 0 Å². The minimum absolute atomic E-state index is 0.00374. The molecule has 0 radical (unpaired) electrons. The van der Waals surface area contributed by atoms with Crippen molar-refractivity contribution in [1.29, 1.82) is 0 Å². The van der Waals surface area contributed by atoms with Gasteiger partial charge in [0.25, 0.3) is 0 Å². The molecule has 114 valence electrons. The van der Waals surface area contributed by atoms with Crippen LogP contribution in [0.3, 0.4) is 0 Å². The normalized spacial score (nSPS) is 12.0. The van der Waals surface area contributed by atoms with Crippen LogP contribution < -0.4 is 0 Å². The summed E-state index contributed by atoms with van der Waals surface area (Å²) < 4.78 is 1.89. The number of benzene rings is 1. The van der Waals surface area contributed by atoms with Gasteiger partial charge in [-0.2, -0.15) is 12.6 Å². The van der Waals surface area contributed by atoms with Gasteiger partial charge in [-0.05, 0) is 47.8 Å². The first-order valence-electron chi connectivity index (χ1n) is 7.20. The number of thiol groups is 1. The standard InChI is InChI=1S/C17H23NO2S/c1-11-13(7-8-21)14-9-12(17(2,3)4)5-6-15(14)18(11)10-16(19)20/h5-6,9,21H,7-8,10H2,1-4H3,(H,19,20). The van der Waals surface area contributed by atoms with Gasteiger partial charge in [-0.3, -0.25) is 4.79 Å². The van der Waals surface area contributed by atoms with E-state index in [0.29, 0.717) is 0 Å². The number of fused-ring (bicyclic) bond motifs is 1. The zero-order chi connectivity index (χ0) is 15.8. The van der Waals surface area contributed by atoms with Crippen LogP contribution in [-0.2, 0) is 23.2 Å². The van der Waals surface area contributed by atoms with Gasteiger partial charge in [-0.15, -0.1) is 0 Å². The number of carboxylic acid groups (broad SMARTS) is 1. The molecule has 0 spiro atoms. The van der Waals surface area contributed by atoms with Crippen LogP contribution in [0.4, 0.5) is 0 Å². The largest absolute Gasteiger partial charge is 0.480 e. The Morgan fingerprint density at radius 1 is 1.33 bits per heavy atom. The molecule has 1 heterocycles. The Balaban J connectivity index is 2.71. The molecular formula is C17H23NO2S. The van der Waals surface area contributed by atoms with Crippen LogP contribution in [0.1, 0.15) is 37.6 Å². The Labute approximate surface area is 131 Å². The minimum Gasteiger partial charge on any atom is -0.480 e. The highest BCUT2D eigenvalue weighted by Crippen LogP contribution is 2.31. The molecular weight excluding hydrogens is 282 g/mol. The summed E-state index contributed by atoms with van der Waals surface area (Å²) in [7, 11) is 0. The molecule has 0 bridgehead atoms. The highest BCUT2D eigenvalue weighted by Gasteiger charge is 2.19. The summed E-state index contributed by atoms with van der Waals surface area (Å²) in [6.07, 6.45) is 0.853. The second kappa shape index (κ2) is 5.76. The van der Waals surface area contributed by atoms with E-state index in [1.54, 1.807) is 0 Å². The van der Waals surface area contributed by atoms with Gasteiger partial charge in [-0.1, -0.05) is 26.8 Å². The number of rotatable bonds is 4. The van der Waals surface area contributed by atoms with Crippen LogP contribution in [0.5, 0.6) is 0 Å². The monoisotopic (exact) mass is 305 g/mol. The number of carboxylic acids is 1. The Kier molecular flexibility index (Phi) is 4.38. The number of aromatic nitrogens is 1. The average Bonchev–Trinajstić information content (AvgIpc) is 2.63. The highest BCUT2D eigenvalue weighted by molar-refractivity contribution is 7.80. The van der Waals surface area contributed by atoms with Crippen molar-refractivity contribution in [3.8, 4) is 0 Å². The number of hydrogen-bond donors (Lipinski definition) is 2. The van der Waals surface area contributed by atoms with Crippen LogP contribution in [-0.4, -0.2) is 21.4 Å². The molecule has 0 amide bonds. The van der Waals surface area contributed by atoms with E-state index < -0.39 is 5.97 Å². The lowest BCUT2D eigenvalue weighted by molar-refractivity contribution is -0.137. The third kappa shape index (κ3) is 3.10. The first-order chi connectivity index (χ1) is 9.75. The molecule has 0 saturated carbocycles. The minimum atomic E-state index is -0.813. The van der Waals surface area contributed by atoms with Crippen molar-refractivity contribution in [2.24, 2.45) is 0 Å². The fourth-order valence-electron chi connectivity index (χ4n) is 2.78. The van der Waals surface area contributed by atoms with Gasteiger partial charge in [0.1, 0.15) is 6.54 Å². The third-order valence-electron chi connectivity index (χ3n) is 3.98. The molecule has 0 aliphatic carbocycles. The molecule has 0 atom stereocenters. The predicted octanol–water partition coefficient (Wildman–Crippen LogP) is 3.80. The van der Waals surface area contributed by atoms with Crippen LogP contribution >= 0.6 is 12.6 Å². The Hall–Kier alpha value is -1.42. The molecule has 1 aromatic carbocycles. The average molecular weight is 305 g/mol. The Morgan fingerprint density at radius 3 is 2.52 bits per heavy atom. The number of nitrogens with zero attached hydrogens (tertiary/aromatic N) is 1. The summed E-state index contributed by atoms with van der Waals surface area (Å²) in [5.74, 6) is -0.0559. The van der Waals surface area contributed by atoms with Crippen molar-refractivity contribution in [3.05, 3.63) is 35.0 Å². The number of hydrogen-bond acceptors (Lipinski definition) is 2. The van der Waals surface area contributed by atoms with Crippen molar-refractivity contribution < 1.29 is 9.90 Å². The molecule has 4 heteroatoms. The summed E-state index contributed by atoms with van der Waals surface area (Å²) in [6.45, 7) is 8.57. The van der Waals surface area contributed by atoms with E-state index in [-0.39, 0.29) is 12.0 Å². The van der Waals surface area contributed by atoms with E-state index in [2.05, 4.69) is 45.5 Å². The lowest BCUT2D eigenvalue weighted by Crippen LogP contribution is -2.11. The van der Waals surface area contributed by atoms with Crippen LogP contribution in [0.15, 0.2) is 18.2 Å². The molecule has 0 aliphatic heterocycles. The van der Waals surface area contributed by atoms with Crippen LogP contribution in [0.2, 0.25) is 0 Å². The fraction of sp³-hybridized carbons (Fsp3) is 0.471. The van der Waals surface area contributed by atoms with Gasteiger partial charge in [0.2, 0.25) is 0 Å². The zero-order valence-electron chi connectivity index (χ0n) is 13.1. The zero-order valence-corrected chi connectivity index (χ0v) is 14.0. The van der Waals surface area contributed by atoms with E-state index in [9.17, 15) is 4.79 Å². The van der Waals surface area contributed by atoms with Crippen molar-refractivity contribution in [2.75, 3.05) is 5.75 Å². The van der Waals surface area contributed by atoms with E-state index in [4.69, 9.17) is 5.11 Å². The van der Waals surface area contributed by atoms with E-state index in [0.717, 1.165) is 28.8 Å². The van der Waals surface area contributed by atoms with Gasteiger partial charge in [0.05, 0.1) is 0 Å². The summed E-state index contributed by atoms with van der Waals surface area (Å²) in [6, 6.07) is 6.36. The smallest absolute Gasteiger partial charge is 0.323 e. The summed E-state index contributed by atoms with van der Waals surface area (Å²) >= 11 is 4.34. The van der Waals surface area contributed by atoms with Gasteiger partial charge >= 0.3 is 5.97 Å². The lowest BCUT2D eigenvalue weighted by Gasteiger charge is -2.19. The molecule has 3 nitrogen and oxygen atoms in total. The van der Waals surface area contributed by atoms with Crippen LogP contribution in [0.25, 0.3) is 10.9 Å². The maximum absolute atomic E-state index is 11.1. The molecule has 0 saturated heterocycles. The fourth-order valence-corrected chi connectivity index (χ4v) is 3.01. The van der Waals surface area contributed by atoms with Gasteiger partial charge in [0, 0.05) is 16.6 Å². The highest BCUT2D eigenvalue weighted by atomic mass is 32.1. The molecule has 21 heavy (non-hydrogen) atoms. The topological polar surface area (TPSA) is 42.2 Å². The Morgan fingerprint density at radius 2 is 2.00 bits per heavy atom. The quantitative estimate of drug-likeness (QED) is 0.844. The van der Waals surface area contributed by atoms with Crippen molar-refractivity contribution in [1.82, 2.24) is 4.57 Å². The first-order valence-corrected chi connectivity index (χ1v) is 7.83. The van der Waals surface area contributed by atoms with E-state index in [1.807, 2.05) is 17.6 Å². The summed E-state index contributed by atoms with van der Waals surface area (Å²) in [5, 5.41) is 10.3. The van der Waals surface area contributed by atoms with E-state index >= 15 is 0 Å². The lowest BCUT2D eigenvalue weighted by atomic mass is 9.86. The summed E-state index contributed by atoms with van der Waals surface area (Å²) in [5.41, 5.74) is 4.59. The maximum Gasteiger partial charge on any atom is 0.323 e. The first kappa shape index (κ1) is 16.0. The number of aryl methyl sites for hydroxylation is 1. The van der Waals surface area contributed by atoms with Crippen molar-refractivity contribution in [2.45, 2.75) is 46.1 Å². The molecule has 1 aromatic heterocycles. The molecule has 2 aromatic rings. The third-order valence-corrected chi connectivity index (χ3v) is 4.20. The van der Waals surface area contributed by atoms with Crippen molar-refractivity contribution in [3.63, 3.8) is 0 Å². The molecule has 1 N–H and O–H groups in total. The maximum atomic E-state index is 11.1. The van der Waals surface area contributed by atoms with Crippen molar-refractivity contribution >= 4 is 29.5 Å². The summed E-state index contributed by atoms with van der Waals surface area (Å²) in [4.78, 5) is 11.1. The van der Waals surface area contributed by atoms with Crippen LogP contribution in [0, 0.1) is 6.92 Å². The SMILES string of the molecule is Cc1c(CCS)c2cc(C(C)(C)C)ccc2n1CC(=O)O. The Bertz CT molecular complexity index is 680. The molecule has 2 rings (SSSR count). The molecule has 0 aliphatic rings.